The zero-order valence-electron chi connectivity index (χ0n) is 11.1. The zero-order chi connectivity index (χ0) is 13.0. The molecule has 3 atom stereocenters. The van der Waals surface area contributed by atoms with Crippen molar-refractivity contribution in [3.8, 4) is 0 Å². The van der Waals surface area contributed by atoms with Crippen LogP contribution in [0.25, 0.3) is 0 Å². The van der Waals surface area contributed by atoms with Crippen LogP contribution in [0.5, 0.6) is 0 Å². The molecular formula is C13H22N2O2S. The molecule has 2 N–H and O–H groups in total. The van der Waals surface area contributed by atoms with E-state index in [1.807, 2.05) is 0 Å². The fourth-order valence-corrected chi connectivity index (χ4v) is 3.62. The van der Waals surface area contributed by atoms with E-state index in [9.17, 15) is 0 Å². The van der Waals surface area contributed by atoms with Gasteiger partial charge in [0.1, 0.15) is 0 Å². The van der Waals surface area contributed by atoms with Crippen LogP contribution < -0.4 is 5.73 Å². The Hall–Kier alpha value is -0.490. The van der Waals surface area contributed by atoms with Gasteiger partial charge in [-0.05, 0) is 25.8 Å². The van der Waals surface area contributed by atoms with Crippen molar-refractivity contribution >= 4 is 11.3 Å². The van der Waals surface area contributed by atoms with Crippen LogP contribution in [0.4, 0.5) is 0 Å². The molecule has 1 aliphatic carbocycles. The highest BCUT2D eigenvalue weighted by Gasteiger charge is 2.32. The summed E-state index contributed by atoms with van der Waals surface area (Å²) in [5, 5.41) is 3.36. The SMILES string of the molecule is COC1CCC(c2nc(CCN)cs2)CC1OC. The molecule has 0 aliphatic heterocycles. The molecule has 2 rings (SSSR count). The van der Waals surface area contributed by atoms with Gasteiger partial charge < -0.3 is 15.2 Å². The average Bonchev–Trinajstić information content (AvgIpc) is 2.87. The Kier molecular flexibility index (Phi) is 5.12. The third kappa shape index (κ3) is 3.09. The number of thiazole rings is 1. The third-order valence-electron chi connectivity index (χ3n) is 3.66. The number of ether oxygens (including phenoxy) is 2. The van der Waals surface area contributed by atoms with E-state index in [0.717, 1.165) is 31.4 Å². The summed E-state index contributed by atoms with van der Waals surface area (Å²) < 4.78 is 11.0. The van der Waals surface area contributed by atoms with Crippen LogP contribution in [0, 0.1) is 0 Å². The summed E-state index contributed by atoms with van der Waals surface area (Å²) in [6.07, 6.45) is 4.48. The number of hydrogen-bond acceptors (Lipinski definition) is 5. The van der Waals surface area contributed by atoms with Gasteiger partial charge >= 0.3 is 0 Å². The highest BCUT2D eigenvalue weighted by Crippen LogP contribution is 2.36. The standard InChI is InChI=1S/C13H22N2O2S/c1-16-11-4-3-9(7-12(11)17-2)13-15-10(5-6-14)8-18-13/h8-9,11-12H,3-7,14H2,1-2H3. The van der Waals surface area contributed by atoms with Crippen LogP contribution in [0.15, 0.2) is 5.38 Å². The van der Waals surface area contributed by atoms with Crippen LogP contribution in [-0.2, 0) is 15.9 Å². The lowest BCUT2D eigenvalue weighted by Gasteiger charge is -2.33. The van der Waals surface area contributed by atoms with E-state index >= 15 is 0 Å². The highest BCUT2D eigenvalue weighted by molar-refractivity contribution is 7.09. The maximum atomic E-state index is 5.56. The van der Waals surface area contributed by atoms with Gasteiger partial charge in [-0.15, -0.1) is 11.3 Å². The minimum absolute atomic E-state index is 0.190. The summed E-state index contributed by atoms with van der Waals surface area (Å²) in [5.41, 5.74) is 6.68. The first kappa shape index (κ1) is 13.9. The molecule has 1 aromatic heterocycles. The van der Waals surface area contributed by atoms with Gasteiger partial charge in [-0.3, -0.25) is 0 Å². The molecule has 0 saturated heterocycles. The molecule has 0 spiro atoms. The van der Waals surface area contributed by atoms with Gasteiger partial charge in [0, 0.05) is 31.9 Å². The van der Waals surface area contributed by atoms with E-state index in [1.54, 1.807) is 25.6 Å². The smallest absolute Gasteiger partial charge is 0.0960 e. The van der Waals surface area contributed by atoms with E-state index in [0.29, 0.717) is 12.5 Å². The summed E-state index contributed by atoms with van der Waals surface area (Å²) in [6.45, 7) is 0.667. The van der Waals surface area contributed by atoms with Crippen molar-refractivity contribution in [1.82, 2.24) is 4.98 Å². The summed E-state index contributed by atoms with van der Waals surface area (Å²) in [7, 11) is 3.53. The van der Waals surface area contributed by atoms with Crippen LogP contribution in [0.2, 0.25) is 0 Å². The van der Waals surface area contributed by atoms with Gasteiger partial charge in [-0.25, -0.2) is 4.98 Å². The highest BCUT2D eigenvalue weighted by atomic mass is 32.1. The Morgan fingerprint density at radius 3 is 2.78 bits per heavy atom. The summed E-state index contributed by atoms with van der Waals surface area (Å²) in [5.74, 6) is 0.512. The van der Waals surface area contributed by atoms with Crippen LogP contribution in [-0.4, -0.2) is 38.0 Å². The maximum Gasteiger partial charge on any atom is 0.0960 e. The summed E-state index contributed by atoms with van der Waals surface area (Å²) in [4.78, 5) is 4.69. The van der Waals surface area contributed by atoms with Gasteiger partial charge in [0.15, 0.2) is 0 Å². The quantitative estimate of drug-likeness (QED) is 0.888. The van der Waals surface area contributed by atoms with Crippen LogP contribution >= 0.6 is 11.3 Å². The zero-order valence-corrected chi connectivity index (χ0v) is 11.9. The van der Waals surface area contributed by atoms with Crippen LogP contribution in [0.3, 0.4) is 0 Å². The Morgan fingerprint density at radius 1 is 1.33 bits per heavy atom. The molecule has 0 aromatic carbocycles. The number of aromatic nitrogens is 1. The van der Waals surface area contributed by atoms with Crippen molar-refractivity contribution in [2.45, 2.75) is 43.8 Å². The number of hydrogen-bond donors (Lipinski definition) is 1. The van der Waals surface area contributed by atoms with Crippen molar-refractivity contribution in [2.75, 3.05) is 20.8 Å². The van der Waals surface area contributed by atoms with E-state index < -0.39 is 0 Å². The first-order chi connectivity index (χ1) is 8.78. The topological polar surface area (TPSA) is 57.4 Å². The summed E-state index contributed by atoms with van der Waals surface area (Å²) in [6, 6.07) is 0. The number of nitrogens with zero attached hydrogens (tertiary/aromatic N) is 1. The Morgan fingerprint density at radius 2 is 2.11 bits per heavy atom. The van der Waals surface area contributed by atoms with E-state index in [2.05, 4.69) is 10.4 Å². The molecule has 0 amide bonds. The Bertz CT molecular complexity index is 370. The number of nitrogens with two attached hydrogens (primary N) is 1. The fraction of sp³-hybridized carbons (Fsp3) is 0.769. The Balaban J connectivity index is 2.00. The molecule has 5 heteroatoms. The normalized spacial score (nSPS) is 28.5. The molecule has 102 valence electrons. The molecule has 1 heterocycles. The number of rotatable bonds is 5. The van der Waals surface area contributed by atoms with E-state index in [-0.39, 0.29) is 12.2 Å². The Labute approximate surface area is 113 Å². The molecule has 18 heavy (non-hydrogen) atoms. The van der Waals surface area contributed by atoms with E-state index in [1.165, 1.54) is 5.01 Å². The molecule has 1 aliphatic rings. The van der Waals surface area contributed by atoms with Gasteiger partial charge in [0.2, 0.25) is 0 Å². The van der Waals surface area contributed by atoms with Crippen LogP contribution in [0.1, 0.15) is 35.9 Å². The third-order valence-corrected chi connectivity index (χ3v) is 4.71. The molecule has 1 saturated carbocycles. The molecule has 1 aromatic rings. The second-order valence-corrected chi connectivity index (χ2v) is 5.66. The minimum Gasteiger partial charge on any atom is -0.379 e. The van der Waals surface area contributed by atoms with E-state index in [4.69, 9.17) is 15.2 Å². The molecule has 3 unspecified atom stereocenters. The predicted octanol–water partition coefficient (Wildman–Crippen LogP) is 1.94. The predicted molar refractivity (Wildman–Crippen MR) is 73.1 cm³/mol. The lowest BCUT2D eigenvalue weighted by atomic mass is 9.85. The lowest BCUT2D eigenvalue weighted by Crippen LogP contribution is -2.35. The van der Waals surface area contributed by atoms with Gasteiger partial charge in [-0.2, -0.15) is 0 Å². The molecule has 1 fully saturated rings. The molecule has 4 nitrogen and oxygen atoms in total. The average molecular weight is 270 g/mol. The van der Waals surface area contributed by atoms with Gasteiger partial charge in [0.25, 0.3) is 0 Å². The first-order valence-corrected chi connectivity index (χ1v) is 7.36. The second-order valence-electron chi connectivity index (χ2n) is 4.77. The minimum atomic E-state index is 0.190. The largest absolute Gasteiger partial charge is 0.379 e. The van der Waals surface area contributed by atoms with Crippen molar-refractivity contribution < 1.29 is 9.47 Å². The second kappa shape index (κ2) is 6.61. The van der Waals surface area contributed by atoms with Crippen molar-refractivity contribution in [3.63, 3.8) is 0 Å². The van der Waals surface area contributed by atoms with Gasteiger partial charge in [0.05, 0.1) is 22.9 Å². The van der Waals surface area contributed by atoms with Gasteiger partial charge in [-0.1, -0.05) is 0 Å². The fourth-order valence-electron chi connectivity index (χ4n) is 2.62. The number of methoxy groups -OCH3 is 2. The summed E-state index contributed by atoms with van der Waals surface area (Å²) >= 11 is 1.75. The molecule has 0 radical (unpaired) electrons. The van der Waals surface area contributed by atoms with Crippen molar-refractivity contribution in [3.05, 3.63) is 16.1 Å². The maximum absolute atomic E-state index is 5.56. The molecular weight excluding hydrogens is 248 g/mol. The first-order valence-electron chi connectivity index (χ1n) is 6.48. The lowest BCUT2D eigenvalue weighted by molar-refractivity contribution is -0.0624. The monoisotopic (exact) mass is 270 g/mol. The van der Waals surface area contributed by atoms with Crippen molar-refractivity contribution in [2.24, 2.45) is 5.73 Å². The molecule has 0 bridgehead atoms. The van der Waals surface area contributed by atoms with Crippen molar-refractivity contribution in [1.29, 1.82) is 0 Å².